The third-order valence-corrected chi connectivity index (χ3v) is 5.07. The molecule has 1 saturated heterocycles. The van der Waals surface area contributed by atoms with Crippen LogP contribution >= 0.6 is 0 Å². The van der Waals surface area contributed by atoms with Gasteiger partial charge >= 0.3 is 6.03 Å². The van der Waals surface area contributed by atoms with Crippen molar-refractivity contribution in [3.8, 4) is 0 Å². The molecule has 8 heteroatoms. The molecule has 0 aromatic heterocycles. The maximum Gasteiger partial charge on any atom is 0.325 e. The molecule has 2 rings (SSSR count). The monoisotopic (exact) mass is 366 g/mol. The number of carbonyl (C=O) groups excluding carboxylic acids is 4. The Morgan fingerprint density at radius 1 is 1.15 bits per heavy atom. The van der Waals surface area contributed by atoms with E-state index in [-0.39, 0.29) is 18.4 Å². The van der Waals surface area contributed by atoms with Gasteiger partial charge in [0.05, 0.1) is 0 Å². The lowest BCUT2D eigenvalue weighted by molar-refractivity contribution is -0.136. The van der Waals surface area contributed by atoms with Crippen molar-refractivity contribution in [1.82, 2.24) is 20.9 Å². The van der Waals surface area contributed by atoms with E-state index in [4.69, 9.17) is 0 Å². The summed E-state index contributed by atoms with van der Waals surface area (Å²) in [6.07, 6.45) is 7.07. The van der Waals surface area contributed by atoms with Gasteiger partial charge in [0.25, 0.3) is 5.91 Å². The number of rotatable bonds is 6. The highest BCUT2D eigenvalue weighted by molar-refractivity contribution is 6.09. The minimum atomic E-state index is -0.859. The van der Waals surface area contributed by atoms with Crippen LogP contribution in [0.4, 0.5) is 4.79 Å². The van der Waals surface area contributed by atoms with Gasteiger partial charge in [0.15, 0.2) is 0 Å². The predicted molar refractivity (Wildman–Crippen MR) is 96.2 cm³/mol. The summed E-state index contributed by atoms with van der Waals surface area (Å²) in [7, 11) is 0. The Morgan fingerprint density at radius 3 is 2.38 bits per heavy atom. The Kier molecular flexibility index (Phi) is 6.99. The van der Waals surface area contributed by atoms with E-state index in [0.29, 0.717) is 19.4 Å². The molecule has 1 atom stereocenters. The number of carbonyl (C=O) groups is 4. The number of amides is 5. The van der Waals surface area contributed by atoms with Crippen LogP contribution < -0.4 is 16.0 Å². The van der Waals surface area contributed by atoms with Gasteiger partial charge < -0.3 is 16.0 Å². The van der Waals surface area contributed by atoms with Crippen LogP contribution in [0.3, 0.4) is 0 Å². The second kappa shape index (κ2) is 9.00. The highest BCUT2D eigenvalue weighted by atomic mass is 16.2. The zero-order valence-electron chi connectivity index (χ0n) is 15.7. The van der Waals surface area contributed by atoms with Crippen LogP contribution in [0.15, 0.2) is 0 Å². The third kappa shape index (κ3) is 4.74. The van der Waals surface area contributed by atoms with Crippen molar-refractivity contribution in [2.24, 2.45) is 0 Å². The molecule has 1 aliphatic heterocycles. The fourth-order valence-electron chi connectivity index (χ4n) is 3.57. The summed E-state index contributed by atoms with van der Waals surface area (Å²) in [5.41, 5.74) is -0.859. The molecular formula is C18H30N4O4. The second-order valence-electron chi connectivity index (χ2n) is 7.25. The van der Waals surface area contributed by atoms with Crippen molar-refractivity contribution in [2.75, 3.05) is 13.1 Å². The SMILES string of the molecule is CCCNC(=O)C(C)NC(=O)CN1C(=O)NC2(CCCCCCC2)C1=O. The molecule has 1 spiro atoms. The fourth-order valence-corrected chi connectivity index (χ4v) is 3.57. The standard InChI is InChI=1S/C18H30N4O4/c1-3-11-19-15(24)13(2)20-14(23)12-22-16(25)18(21-17(22)26)9-7-5-4-6-8-10-18/h13H,3-12H2,1-2H3,(H,19,24)(H,20,23)(H,21,26). The quantitative estimate of drug-likeness (QED) is 0.611. The highest BCUT2D eigenvalue weighted by Crippen LogP contribution is 2.31. The van der Waals surface area contributed by atoms with Crippen LogP contribution in [0.1, 0.15) is 65.2 Å². The normalized spacial score (nSPS) is 20.9. The van der Waals surface area contributed by atoms with Gasteiger partial charge in [-0.2, -0.15) is 0 Å². The largest absolute Gasteiger partial charge is 0.354 e. The first-order valence-corrected chi connectivity index (χ1v) is 9.61. The van der Waals surface area contributed by atoms with E-state index in [1.165, 1.54) is 0 Å². The minimum absolute atomic E-state index is 0.283. The van der Waals surface area contributed by atoms with Gasteiger partial charge in [0.2, 0.25) is 11.8 Å². The van der Waals surface area contributed by atoms with E-state index in [2.05, 4.69) is 16.0 Å². The Morgan fingerprint density at radius 2 is 1.77 bits per heavy atom. The van der Waals surface area contributed by atoms with Gasteiger partial charge in [0, 0.05) is 6.54 Å². The van der Waals surface area contributed by atoms with Crippen molar-refractivity contribution in [3.63, 3.8) is 0 Å². The zero-order chi connectivity index (χ0) is 19.2. The third-order valence-electron chi connectivity index (χ3n) is 5.07. The Balaban J connectivity index is 1.94. The predicted octanol–water partition coefficient (Wildman–Crippen LogP) is 1.05. The molecule has 2 fully saturated rings. The summed E-state index contributed by atoms with van der Waals surface area (Å²) >= 11 is 0. The Hall–Kier alpha value is -2.12. The lowest BCUT2D eigenvalue weighted by Crippen LogP contribution is -2.50. The summed E-state index contributed by atoms with van der Waals surface area (Å²) in [5, 5.41) is 8.06. The number of nitrogens with one attached hydrogen (secondary N) is 3. The average molecular weight is 366 g/mol. The number of nitrogens with zero attached hydrogens (tertiary/aromatic N) is 1. The van der Waals surface area contributed by atoms with Gasteiger partial charge in [-0.25, -0.2) is 4.79 Å². The zero-order valence-corrected chi connectivity index (χ0v) is 15.7. The molecule has 3 N–H and O–H groups in total. The lowest BCUT2D eigenvalue weighted by Gasteiger charge is -2.28. The number of imide groups is 1. The van der Waals surface area contributed by atoms with E-state index in [1.807, 2.05) is 6.92 Å². The summed E-state index contributed by atoms with van der Waals surface area (Å²) in [6, 6.07) is -1.24. The number of urea groups is 1. The Labute approximate surface area is 154 Å². The molecule has 0 aromatic rings. The van der Waals surface area contributed by atoms with Crippen LogP contribution in [-0.4, -0.2) is 53.3 Å². The molecule has 146 valence electrons. The van der Waals surface area contributed by atoms with Crippen LogP contribution in [0, 0.1) is 0 Å². The second-order valence-corrected chi connectivity index (χ2v) is 7.25. The molecule has 8 nitrogen and oxygen atoms in total. The first kappa shape index (κ1) is 20.2. The van der Waals surface area contributed by atoms with Crippen LogP contribution in [0.25, 0.3) is 0 Å². The smallest absolute Gasteiger partial charge is 0.325 e. The van der Waals surface area contributed by atoms with Gasteiger partial charge in [-0.05, 0) is 26.2 Å². The molecule has 0 radical (unpaired) electrons. The van der Waals surface area contributed by atoms with E-state index in [0.717, 1.165) is 43.4 Å². The molecule has 5 amide bonds. The van der Waals surface area contributed by atoms with Gasteiger partial charge in [-0.15, -0.1) is 0 Å². The first-order valence-electron chi connectivity index (χ1n) is 9.61. The average Bonchev–Trinajstić information content (AvgIpc) is 2.81. The van der Waals surface area contributed by atoms with Gasteiger partial charge in [-0.3, -0.25) is 19.3 Å². The summed E-state index contributed by atoms with van der Waals surface area (Å²) in [4.78, 5) is 50.1. The first-order chi connectivity index (χ1) is 12.4. The van der Waals surface area contributed by atoms with Gasteiger partial charge in [-0.1, -0.05) is 39.0 Å². The summed E-state index contributed by atoms with van der Waals surface area (Å²) in [5.74, 6) is -1.12. The van der Waals surface area contributed by atoms with Gasteiger partial charge in [0.1, 0.15) is 18.1 Å². The molecule has 1 aliphatic carbocycles. The van der Waals surface area contributed by atoms with E-state index in [1.54, 1.807) is 6.92 Å². The minimum Gasteiger partial charge on any atom is -0.354 e. The molecule has 1 saturated carbocycles. The molecule has 0 aromatic carbocycles. The Bertz CT molecular complexity index is 555. The van der Waals surface area contributed by atoms with Crippen molar-refractivity contribution in [2.45, 2.75) is 76.8 Å². The summed E-state index contributed by atoms with van der Waals surface area (Å²) in [6.45, 7) is 3.68. The van der Waals surface area contributed by atoms with E-state index < -0.39 is 23.5 Å². The molecule has 26 heavy (non-hydrogen) atoms. The summed E-state index contributed by atoms with van der Waals surface area (Å²) < 4.78 is 0. The van der Waals surface area contributed by atoms with Crippen LogP contribution in [-0.2, 0) is 14.4 Å². The number of hydrogen-bond acceptors (Lipinski definition) is 4. The van der Waals surface area contributed by atoms with Crippen molar-refractivity contribution in [3.05, 3.63) is 0 Å². The maximum absolute atomic E-state index is 12.8. The topological polar surface area (TPSA) is 108 Å². The van der Waals surface area contributed by atoms with Crippen molar-refractivity contribution >= 4 is 23.8 Å². The molecule has 2 aliphatic rings. The number of hydrogen-bond donors (Lipinski definition) is 3. The molecule has 1 heterocycles. The van der Waals surface area contributed by atoms with E-state index in [9.17, 15) is 19.2 Å². The highest BCUT2D eigenvalue weighted by Gasteiger charge is 2.50. The molecule has 1 unspecified atom stereocenters. The van der Waals surface area contributed by atoms with E-state index >= 15 is 0 Å². The lowest BCUT2D eigenvalue weighted by atomic mass is 9.84. The molecule has 0 bridgehead atoms. The van der Waals surface area contributed by atoms with Crippen LogP contribution in [0.2, 0.25) is 0 Å². The molecular weight excluding hydrogens is 336 g/mol. The van der Waals surface area contributed by atoms with Crippen LogP contribution in [0.5, 0.6) is 0 Å². The van der Waals surface area contributed by atoms with Crippen molar-refractivity contribution < 1.29 is 19.2 Å². The van der Waals surface area contributed by atoms with Crippen molar-refractivity contribution in [1.29, 1.82) is 0 Å². The maximum atomic E-state index is 12.8. The fraction of sp³-hybridized carbons (Fsp3) is 0.778.